The Morgan fingerprint density at radius 2 is 1.75 bits per heavy atom. The van der Waals surface area contributed by atoms with Crippen molar-refractivity contribution in [3.63, 3.8) is 0 Å². The van der Waals surface area contributed by atoms with Gasteiger partial charge in [0, 0.05) is 12.1 Å². The third kappa shape index (κ3) is 6.49. The lowest BCUT2D eigenvalue weighted by atomic mass is 10.0. The average molecular weight is 228 g/mol. The van der Waals surface area contributed by atoms with Gasteiger partial charge in [0.15, 0.2) is 0 Å². The molecule has 16 heavy (non-hydrogen) atoms. The summed E-state index contributed by atoms with van der Waals surface area (Å²) in [6, 6.07) is 1.41. The number of hydrogen-bond acceptors (Lipinski definition) is 2. The van der Waals surface area contributed by atoms with Gasteiger partial charge in [0.1, 0.15) is 0 Å². The normalized spacial score (nSPS) is 15.8. The Hall–Kier alpha value is -0.0800. The predicted octanol–water partition coefficient (Wildman–Crippen LogP) is 3.13. The van der Waals surface area contributed by atoms with E-state index in [1.807, 2.05) is 0 Å². The van der Waals surface area contributed by atoms with Crippen LogP contribution >= 0.6 is 0 Å². The van der Waals surface area contributed by atoms with Crippen molar-refractivity contribution in [2.45, 2.75) is 66.0 Å². The van der Waals surface area contributed by atoms with Gasteiger partial charge in [0.25, 0.3) is 0 Å². The van der Waals surface area contributed by atoms with Crippen LogP contribution in [0.5, 0.6) is 0 Å². The van der Waals surface area contributed by atoms with Gasteiger partial charge in [-0.1, -0.05) is 27.7 Å². The molecule has 0 aromatic heterocycles. The van der Waals surface area contributed by atoms with Gasteiger partial charge in [-0.25, -0.2) is 0 Å². The summed E-state index contributed by atoms with van der Waals surface area (Å²) in [4.78, 5) is 2.49. The zero-order valence-corrected chi connectivity index (χ0v) is 12.2. The van der Waals surface area contributed by atoms with E-state index in [0.717, 1.165) is 12.5 Å². The van der Waals surface area contributed by atoms with E-state index in [-0.39, 0.29) is 0 Å². The van der Waals surface area contributed by atoms with E-state index in [2.05, 4.69) is 51.9 Å². The topological polar surface area (TPSA) is 15.3 Å². The molecular weight excluding hydrogens is 196 g/mol. The van der Waals surface area contributed by atoms with Gasteiger partial charge in [-0.3, -0.25) is 0 Å². The van der Waals surface area contributed by atoms with Crippen molar-refractivity contribution in [1.29, 1.82) is 0 Å². The molecule has 0 saturated heterocycles. The Morgan fingerprint density at radius 1 is 1.12 bits per heavy atom. The second-order valence-electron chi connectivity index (χ2n) is 5.27. The minimum atomic E-state index is 0.694. The van der Waals surface area contributed by atoms with E-state index in [1.165, 1.54) is 25.8 Å². The van der Waals surface area contributed by atoms with Crippen molar-refractivity contribution < 1.29 is 0 Å². The first-order valence-corrected chi connectivity index (χ1v) is 6.96. The van der Waals surface area contributed by atoms with Crippen LogP contribution in [-0.2, 0) is 0 Å². The molecule has 2 unspecified atom stereocenters. The highest BCUT2D eigenvalue weighted by Crippen LogP contribution is 2.10. The summed E-state index contributed by atoms with van der Waals surface area (Å²) in [6.07, 6.45) is 3.86. The van der Waals surface area contributed by atoms with Gasteiger partial charge in [-0.05, 0) is 52.2 Å². The molecule has 0 heterocycles. The predicted molar refractivity (Wildman–Crippen MR) is 73.9 cm³/mol. The second kappa shape index (κ2) is 9.00. The highest BCUT2D eigenvalue weighted by atomic mass is 15.1. The first-order valence-electron chi connectivity index (χ1n) is 6.96. The molecule has 2 heteroatoms. The third-order valence-electron chi connectivity index (χ3n) is 3.71. The Labute approximate surface area is 103 Å². The molecular formula is C14H32N2. The van der Waals surface area contributed by atoms with Crippen molar-refractivity contribution in [3.8, 4) is 0 Å². The molecule has 0 bridgehead atoms. The van der Waals surface area contributed by atoms with E-state index in [9.17, 15) is 0 Å². The summed E-state index contributed by atoms with van der Waals surface area (Å²) in [5, 5.41) is 3.54. The van der Waals surface area contributed by atoms with E-state index < -0.39 is 0 Å². The number of rotatable bonds is 9. The maximum Gasteiger partial charge on any atom is 0.00868 e. The van der Waals surface area contributed by atoms with Crippen LogP contribution in [0.25, 0.3) is 0 Å². The standard InChI is InChI=1S/C14H32N2/c1-7-14(15-8-2)10-9-11-16(6)13(5)12(3)4/h12-15H,7-11H2,1-6H3. The van der Waals surface area contributed by atoms with Gasteiger partial charge in [-0.15, -0.1) is 0 Å². The van der Waals surface area contributed by atoms with Crippen LogP contribution in [0.1, 0.15) is 53.9 Å². The largest absolute Gasteiger partial charge is 0.314 e. The summed E-state index contributed by atoms with van der Waals surface area (Å²) in [6.45, 7) is 13.7. The summed E-state index contributed by atoms with van der Waals surface area (Å²) in [7, 11) is 2.25. The number of nitrogens with one attached hydrogen (secondary N) is 1. The van der Waals surface area contributed by atoms with Crippen molar-refractivity contribution in [2.24, 2.45) is 5.92 Å². The molecule has 0 aromatic carbocycles. The van der Waals surface area contributed by atoms with Gasteiger partial charge in [0.2, 0.25) is 0 Å². The van der Waals surface area contributed by atoms with Crippen molar-refractivity contribution in [3.05, 3.63) is 0 Å². The summed E-state index contributed by atoms with van der Waals surface area (Å²) >= 11 is 0. The highest BCUT2D eigenvalue weighted by molar-refractivity contribution is 4.69. The maximum absolute atomic E-state index is 3.54. The summed E-state index contributed by atoms with van der Waals surface area (Å²) < 4.78 is 0. The van der Waals surface area contributed by atoms with E-state index in [4.69, 9.17) is 0 Å². The van der Waals surface area contributed by atoms with E-state index in [0.29, 0.717) is 12.1 Å². The zero-order valence-electron chi connectivity index (χ0n) is 12.2. The van der Waals surface area contributed by atoms with Crippen molar-refractivity contribution in [2.75, 3.05) is 20.1 Å². The van der Waals surface area contributed by atoms with Crippen LogP contribution in [0.4, 0.5) is 0 Å². The minimum Gasteiger partial charge on any atom is -0.314 e. The Balaban J connectivity index is 3.71. The number of nitrogens with zero attached hydrogens (tertiary/aromatic N) is 1. The molecule has 2 nitrogen and oxygen atoms in total. The molecule has 0 aliphatic carbocycles. The van der Waals surface area contributed by atoms with Crippen LogP contribution < -0.4 is 5.32 Å². The Kier molecular flexibility index (Phi) is 8.96. The Bertz CT molecular complexity index is 157. The minimum absolute atomic E-state index is 0.694. The van der Waals surface area contributed by atoms with Gasteiger partial charge in [0.05, 0.1) is 0 Å². The second-order valence-corrected chi connectivity index (χ2v) is 5.27. The fraction of sp³-hybridized carbons (Fsp3) is 1.00. The fourth-order valence-corrected chi connectivity index (χ4v) is 2.04. The molecule has 0 fully saturated rings. The molecule has 0 radical (unpaired) electrons. The monoisotopic (exact) mass is 228 g/mol. The number of hydrogen-bond donors (Lipinski definition) is 1. The maximum atomic E-state index is 3.54. The van der Waals surface area contributed by atoms with E-state index in [1.54, 1.807) is 0 Å². The fourth-order valence-electron chi connectivity index (χ4n) is 2.04. The molecule has 1 N–H and O–H groups in total. The lowest BCUT2D eigenvalue weighted by Gasteiger charge is -2.28. The third-order valence-corrected chi connectivity index (χ3v) is 3.71. The van der Waals surface area contributed by atoms with Crippen LogP contribution in [0.15, 0.2) is 0 Å². The smallest absolute Gasteiger partial charge is 0.00868 e. The van der Waals surface area contributed by atoms with Crippen molar-refractivity contribution >= 4 is 0 Å². The highest BCUT2D eigenvalue weighted by Gasteiger charge is 2.13. The Morgan fingerprint density at radius 3 is 2.19 bits per heavy atom. The molecule has 0 aliphatic rings. The molecule has 0 amide bonds. The zero-order chi connectivity index (χ0) is 12.6. The van der Waals surface area contributed by atoms with Crippen LogP contribution in [-0.4, -0.2) is 37.1 Å². The lowest BCUT2D eigenvalue weighted by Crippen LogP contribution is -2.35. The molecule has 0 rings (SSSR count). The summed E-state index contributed by atoms with van der Waals surface area (Å²) in [5.74, 6) is 0.751. The van der Waals surface area contributed by atoms with Crippen LogP contribution in [0.2, 0.25) is 0 Å². The first-order chi connectivity index (χ1) is 7.52. The van der Waals surface area contributed by atoms with Crippen molar-refractivity contribution in [1.82, 2.24) is 10.2 Å². The first kappa shape index (κ1) is 15.9. The van der Waals surface area contributed by atoms with Gasteiger partial charge >= 0.3 is 0 Å². The molecule has 0 saturated carbocycles. The average Bonchev–Trinajstić information content (AvgIpc) is 2.26. The molecule has 0 aromatic rings. The van der Waals surface area contributed by atoms with E-state index >= 15 is 0 Å². The SMILES string of the molecule is CCNC(CC)CCCN(C)C(C)C(C)C. The van der Waals surface area contributed by atoms with Gasteiger partial charge in [-0.2, -0.15) is 0 Å². The molecule has 98 valence electrons. The molecule has 2 atom stereocenters. The van der Waals surface area contributed by atoms with Crippen LogP contribution in [0, 0.1) is 5.92 Å². The summed E-state index contributed by atoms with van der Waals surface area (Å²) in [5.41, 5.74) is 0. The molecule has 0 spiro atoms. The molecule has 0 aliphatic heterocycles. The lowest BCUT2D eigenvalue weighted by molar-refractivity contribution is 0.202. The van der Waals surface area contributed by atoms with Gasteiger partial charge < -0.3 is 10.2 Å². The van der Waals surface area contributed by atoms with Crippen LogP contribution in [0.3, 0.4) is 0 Å². The quantitative estimate of drug-likeness (QED) is 0.652.